The second-order valence-corrected chi connectivity index (χ2v) is 5.85. The zero-order valence-corrected chi connectivity index (χ0v) is 12.4. The average Bonchev–Trinajstić information content (AvgIpc) is 2.97. The van der Waals surface area contributed by atoms with Crippen molar-refractivity contribution < 1.29 is 17.9 Å². The molecule has 2 rings (SSSR count). The Hall–Kier alpha value is -1.08. The molecule has 1 fully saturated rings. The van der Waals surface area contributed by atoms with E-state index in [0.717, 1.165) is 24.1 Å². The van der Waals surface area contributed by atoms with Gasteiger partial charge in [-0.1, -0.05) is 13.8 Å². The molecule has 120 valence electrons. The van der Waals surface area contributed by atoms with Gasteiger partial charge < -0.3 is 14.6 Å². The van der Waals surface area contributed by atoms with Crippen LogP contribution < -0.4 is 5.32 Å². The highest BCUT2D eigenvalue weighted by atomic mass is 19.4. The lowest BCUT2D eigenvalue weighted by molar-refractivity contribution is -0.141. The second-order valence-electron chi connectivity index (χ2n) is 5.85. The van der Waals surface area contributed by atoms with E-state index in [9.17, 15) is 13.2 Å². The highest BCUT2D eigenvalue weighted by Crippen LogP contribution is 2.26. The van der Waals surface area contributed by atoms with Crippen LogP contribution in [0.15, 0.2) is 12.4 Å². The van der Waals surface area contributed by atoms with Gasteiger partial charge in [-0.25, -0.2) is 4.98 Å². The summed E-state index contributed by atoms with van der Waals surface area (Å²) in [6.07, 6.45) is -0.240. The topological polar surface area (TPSA) is 39.1 Å². The fourth-order valence-electron chi connectivity index (χ4n) is 2.82. The SMILES string of the molecule is CC(C)[C@H]1OCC[C@@H]1CNCc1nccn1CC(F)(F)F. The summed E-state index contributed by atoms with van der Waals surface area (Å²) >= 11 is 0. The van der Waals surface area contributed by atoms with Gasteiger partial charge in [0.05, 0.1) is 12.6 Å². The van der Waals surface area contributed by atoms with Crippen LogP contribution in [-0.4, -0.2) is 35.0 Å². The summed E-state index contributed by atoms with van der Waals surface area (Å²) in [6, 6.07) is 0. The lowest BCUT2D eigenvalue weighted by atomic mass is 9.93. The van der Waals surface area contributed by atoms with Crippen LogP contribution in [0.25, 0.3) is 0 Å². The van der Waals surface area contributed by atoms with E-state index in [1.165, 1.54) is 12.4 Å². The predicted octanol–water partition coefficient (Wildman–Crippen LogP) is 2.60. The summed E-state index contributed by atoms with van der Waals surface area (Å²) in [4.78, 5) is 3.99. The summed E-state index contributed by atoms with van der Waals surface area (Å²) in [7, 11) is 0. The Balaban J connectivity index is 1.83. The molecule has 0 saturated carbocycles. The molecule has 0 bridgehead atoms. The molecule has 1 N–H and O–H groups in total. The minimum absolute atomic E-state index is 0.229. The summed E-state index contributed by atoms with van der Waals surface area (Å²) in [5, 5.41) is 3.21. The Morgan fingerprint density at radius 3 is 2.90 bits per heavy atom. The maximum atomic E-state index is 12.4. The van der Waals surface area contributed by atoms with Gasteiger partial charge in [-0.15, -0.1) is 0 Å². The first-order valence-corrected chi connectivity index (χ1v) is 7.26. The molecular weight excluding hydrogens is 283 g/mol. The largest absolute Gasteiger partial charge is 0.406 e. The normalized spacial score (nSPS) is 23.1. The van der Waals surface area contributed by atoms with Gasteiger partial charge in [0.15, 0.2) is 0 Å². The predicted molar refractivity (Wildman–Crippen MR) is 72.7 cm³/mol. The number of hydrogen-bond donors (Lipinski definition) is 1. The van der Waals surface area contributed by atoms with Gasteiger partial charge in [-0.3, -0.25) is 0 Å². The van der Waals surface area contributed by atoms with Gasteiger partial charge in [0.2, 0.25) is 0 Å². The van der Waals surface area contributed by atoms with Gasteiger partial charge in [0.25, 0.3) is 0 Å². The Kier molecular flexibility index (Phi) is 5.27. The van der Waals surface area contributed by atoms with E-state index in [4.69, 9.17) is 4.74 Å². The van der Waals surface area contributed by atoms with E-state index < -0.39 is 12.7 Å². The highest BCUT2D eigenvalue weighted by molar-refractivity contribution is 4.93. The van der Waals surface area contributed by atoms with Gasteiger partial charge in [-0.2, -0.15) is 13.2 Å². The number of nitrogens with one attached hydrogen (secondary N) is 1. The molecule has 0 radical (unpaired) electrons. The molecule has 1 aromatic rings. The van der Waals surface area contributed by atoms with Crippen molar-refractivity contribution in [2.45, 2.75) is 45.6 Å². The first-order chi connectivity index (χ1) is 9.87. The highest BCUT2D eigenvalue weighted by Gasteiger charge is 2.31. The number of alkyl halides is 3. The smallest absolute Gasteiger partial charge is 0.378 e. The molecule has 0 unspecified atom stereocenters. The Morgan fingerprint density at radius 1 is 1.48 bits per heavy atom. The molecule has 0 aliphatic carbocycles. The molecule has 1 aliphatic rings. The molecule has 1 aromatic heterocycles. The Labute approximate surface area is 122 Å². The lowest BCUT2D eigenvalue weighted by Gasteiger charge is -2.22. The van der Waals surface area contributed by atoms with Crippen molar-refractivity contribution in [3.05, 3.63) is 18.2 Å². The van der Waals surface area contributed by atoms with Crippen molar-refractivity contribution in [3.8, 4) is 0 Å². The third-order valence-corrected chi connectivity index (χ3v) is 3.76. The third-order valence-electron chi connectivity index (χ3n) is 3.76. The molecule has 7 heteroatoms. The average molecular weight is 305 g/mol. The minimum Gasteiger partial charge on any atom is -0.378 e. The molecule has 0 amide bonds. The van der Waals surface area contributed by atoms with E-state index in [-0.39, 0.29) is 6.10 Å². The van der Waals surface area contributed by atoms with Crippen LogP contribution in [0, 0.1) is 11.8 Å². The monoisotopic (exact) mass is 305 g/mol. The number of hydrogen-bond acceptors (Lipinski definition) is 3. The molecular formula is C14H22F3N3O. The number of ether oxygens (including phenoxy) is 1. The van der Waals surface area contributed by atoms with Crippen molar-refractivity contribution in [2.24, 2.45) is 11.8 Å². The van der Waals surface area contributed by atoms with E-state index in [1.54, 1.807) is 0 Å². The molecule has 1 saturated heterocycles. The van der Waals surface area contributed by atoms with E-state index >= 15 is 0 Å². The molecule has 0 aromatic carbocycles. The Bertz CT molecular complexity index is 445. The summed E-state index contributed by atoms with van der Waals surface area (Å²) in [5.41, 5.74) is 0. The summed E-state index contributed by atoms with van der Waals surface area (Å²) in [5.74, 6) is 1.27. The number of nitrogens with zero attached hydrogens (tertiary/aromatic N) is 2. The van der Waals surface area contributed by atoms with Crippen LogP contribution in [0.2, 0.25) is 0 Å². The molecule has 4 nitrogen and oxygen atoms in total. The number of aromatic nitrogens is 2. The summed E-state index contributed by atoms with van der Waals surface area (Å²) in [6.45, 7) is 5.09. The van der Waals surface area contributed by atoms with Gasteiger partial charge in [-0.05, 0) is 18.3 Å². The first kappa shape index (κ1) is 16.3. The molecule has 0 spiro atoms. The summed E-state index contributed by atoms with van der Waals surface area (Å²) < 4.78 is 44.1. The van der Waals surface area contributed by atoms with Gasteiger partial charge >= 0.3 is 6.18 Å². The van der Waals surface area contributed by atoms with Crippen molar-refractivity contribution in [1.29, 1.82) is 0 Å². The van der Waals surface area contributed by atoms with Gasteiger partial charge in [0, 0.05) is 25.5 Å². The van der Waals surface area contributed by atoms with Crippen LogP contribution >= 0.6 is 0 Å². The second kappa shape index (κ2) is 6.79. The number of imidazole rings is 1. The fraction of sp³-hybridized carbons (Fsp3) is 0.786. The van der Waals surface area contributed by atoms with Crippen molar-refractivity contribution in [1.82, 2.24) is 14.9 Å². The van der Waals surface area contributed by atoms with Crippen LogP contribution in [0.1, 0.15) is 26.1 Å². The maximum Gasteiger partial charge on any atom is 0.406 e. The molecule has 2 atom stereocenters. The standard InChI is InChI=1S/C14H22F3N3O/c1-10(2)13-11(3-6-21-13)7-18-8-12-19-4-5-20(12)9-14(15,16)17/h4-5,10-11,13,18H,3,6-9H2,1-2H3/t11-,13-/m1/s1. The first-order valence-electron chi connectivity index (χ1n) is 7.26. The number of rotatable bonds is 6. The van der Waals surface area contributed by atoms with Crippen molar-refractivity contribution in [2.75, 3.05) is 13.2 Å². The molecule has 2 heterocycles. The molecule has 21 heavy (non-hydrogen) atoms. The van der Waals surface area contributed by atoms with Crippen molar-refractivity contribution in [3.63, 3.8) is 0 Å². The van der Waals surface area contributed by atoms with Crippen LogP contribution in [0.4, 0.5) is 13.2 Å². The van der Waals surface area contributed by atoms with E-state index in [2.05, 4.69) is 24.1 Å². The minimum atomic E-state index is -4.22. The zero-order chi connectivity index (χ0) is 15.5. The fourth-order valence-corrected chi connectivity index (χ4v) is 2.82. The maximum absolute atomic E-state index is 12.4. The van der Waals surface area contributed by atoms with E-state index in [1.807, 2.05) is 0 Å². The van der Waals surface area contributed by atoms with Gasteiger partial charge in [0.1, 0.15) is 12.4 Å². The third kappa shape index (κ3) is 4.71. The number of halogens is 3. The van der Waals surface area contributed by atoms with Crippen LogP contribution in [0.3, 0.4) is 0 Å². The molecule has 1 aliphatic heterocycles. The zero-order valence-electron chi connectivity index (χ0n) is 12.4. The Morgan fingerprint density at radius 2 is 2.24 bits per heavy atom. The van der Waals surface area contributed by atoms with E-state index in [0.29, 0.717) is 24.2 Å². The van der Waals surface area contributed by atoms with Crippen LogP contribution in [0.5, 0.6) is 0 Å². The van der Waals surface area contributed by atoms with Crippen LogP contribution in [-0.2, 0) is 17.8 Å². The quantitative estimate of drug-likeness (QED) is 0.878. The lowest BCUT2D eigenvalue weighted by Crippen LogP contribution is -2.32. The van der Waals surface area contributed by atoms with Crippen molar-refractivity contribution >= 4 is 0 Å².